The molecule has 2 N–H and O–H groups in total. The van der Waals surface area contributed by atoms with E-state index in [9.17, 15) is 4.79 Å². The van der Waals surface area contributed by atoms with E-state index in [0.29, 0.717) is 32.7 Å². The Morgan fingerprint density at radius 2 is 2.28 bits per heavy atom. The molecule has 0 saturated carbocycles. The number of benzene rings is 1. The zero-order valence-electron chi connectivity index (χ0n) is 10.7. The molecule has 98 valence electrons. The van der Waals surface area contributed by atoms with Gasteiger partial charge in [-0.15, -0.1) is 0 Å². The molecule has 1 aromatic rings. The molecule has 4 nitrogen and oxygen atoms in total. The summed E-state index contributed by atoms with van der Waals surface area (Å²) in [7, 11) is 0. The lowest BCUT2D eigenvalue weighted by Gasteiger charge is -2.26. The predicted molar refractivity (Wildman–Crippen MR) is 70.1 cm³/mol. The molecule has 2 rings (SSSR count). The van der Waals surface area contributed by atoms with Crippen molar-refractivity contribution in [2.45, 2.75) is 26.0 Å². The van der Waals surface area contributed by atoms with Crippen molar-refractivity contribution in [2.75, 3.05) is 19.7 Å². The second kappa shape index (κ2) is 6.52. The average Bonchev–Trinajstić information content (AvgIpc) is 2.39. The Hall–Kier alpha value is -1.39. The lowest BCUT2D eigenvalue weighted by molar-refractivity contribution is -0.120. The van der Waals surface area contributed by atoms with E-state index < -0.39 is 0 Å². The van der Waals surface area contributed by atoms with Gasteiger partial charge >= 0.3 is 0 Å². The summed E-state index contributed by atoms with van der Waals surface area (Å²) in [5, 5.41) is 6.17. The van der Waals surface area contributed by atoms with Gasteiger partial charge in [0.1, 0.15) is 0 Å². The number of hydrogen-bond acceptors (Lipinski definition) is 3. The van der Waals surface area contributed by atoms with Crippen molar-refractivity contribution in [2.24, 2.45) is 0 Å². The van der Waals surface area contributed by atoms with Crippen LogP contribution in [-0.4, -0.2) is 25.6 Å². The molecule has 0 saturated heterocycles. The largest absolute Gasteiger partial charge is 0.375 e. The Kier molecular flexibility index (Phi) is 4.73. The van der Waals surface area contributed by atoms with Crippen LogP contribution in [-0.2, 0) is 16.1 Å². The molecule has 0 radical (unpaired) electrons. The van der Waals surface area contributed by atoms with E-state index in [1.165, 1.54) is 11.1 Å². The lowest BCUT2D eigenvalue weighted by Crippen LogP contribution is -2.33. The number of carbonyl (C=O) groups excluding carboxylic acids is 1. The first-order chi connectivity index (χ1) is 8.81. The Labute approximate surface area is 108 Å². The molecule has 0 aromatic heterocycles. The van der Waals surface area contributed by atoms with E-state index >= 15 is 0 Å². The quantitative estimate of drug-likeness (QED) is 0.827. The summed E-state index contributed by atoms with van der Waals surface area (Å²) in [6.45, 7) is 4.65. The van der Waals surface area contributed by atoms with Gasteiger partial charge in [-0.3, -0.25) is 4.79 Å². The van der Waals surface area contributed by atoms with Crippen LogP contribution in [0.1, 0.15) is 30.5 Å². The summed E-state index contributed by atoms with van der Waals surface area (Å²) >= 11 is 0. The summed E-state index contributed by atoms with van der Waals surface area (Å²) in [6, 6.07) is 8.49. The van der Waals surface area contributed by atoms with Crippen molar-refractivity contribution in [3.8, 4) is 0 Å². The van der Waals surface area contributed by atoms with Gasteiger partial charge in [-0.2, -0.15) is 0 Å². The van der Waals surface area contributed by atoms with Crippen molar-refractivity contribution in [3.05, 3.63) is 35.4 Å². The Morgan fingerprint density at radius 1 is 1.44 bits per heavy atom. The highest BCUT2D eigenvalue weighted by Crippen LogP contribution is 2.24. The van der Waals surface area contributed by atoms with Gasteiger partial charge in [-0.05, 0) is 18.1 Å². The molecule has 0 aliphatic carbocycles. The van der Waals surface area contributed by atoms with Crippen molar-refractivity contribution in [3.63, 3.8) is 0 Å². The Balaban J connectivity index is 1.86. The Bertz CT molecular complexity index is 407. The third-order valence-corrected chi connectivity index (χ3v) is 3.09. The highest BCUT2D eigenvalue weighted by Gasteiger charge is 2.19. The van der Waals surface area contributed by atoms with Gasteiger partial charge in [0.15, 0.2) is 0 Å². The molecule has 1 amide bonds. The molecule has 0 bridgehead atoms. The number of rotatable bonds is 5. The summed E-state index contributed by atoms with van der Waals surface area (Å²) in [5.41, 5.74) is 2.53. The van der Waals surface area contributed by atoms with E-state index in [-0.39, 0.29) is 11.9 Å². The van der Waals surface area contributed by atoms with Gasteiger partial charge in [0.25, 0.3) is 0 Å². The molecule has 1 heterocycles. The normalized spacial score (nSPS) is 18.2. The van der Waals surface area contributed by atoms with Gasteiger partial charge in [0, 0.05) is 19.5 Å². The topological polar surface area (TPSA) is 50.4 Å². The number of amides is 1. The zero-order chi connectivity index (χ0) is 12.8. The smallest absolute Gasteiger partial charge is 0.221 e. The predicted octanol–water partition coefficient (Wildman–Crippen LogP) is 1.37. The van der Waals surface area contributed by atoms with Crippen LogP contribution in [0.5, 0.6) is 0 Å². The summed E-state index contributed by atoms with van der Waals surface area (Å²) in [6.07, 6.45) is 0.506. The van der Waals surface area contributed by atoms with Gasteiger partial charge in [0.05, 0.1) is 19.3 Å². The lowest BCUT2D eigenvalue weighted by atomic mass is 9.99. The molecular weight excluding hydrogens is 228 g/mol. The van der Waals surface area contributed by atoms with Crippen LogP contribution in [0.4, 0.5) is 0 Å². The van der Waals surface area contributed by atoms with Gasteiger partial charge in [-0.1, -0.05) is 24.3 Å². The molecule has 0 spiro atoms. The van der Waals surface area contributed by atoms with Crippen LogP contribution < -0.4 is 10.6 Å². The van der Waals surface area contributed by atoms with Gasteiger partial charge in [-0.25, -0.2) is 0 Å². The minimum absolute atomic E-state index is 0.0926. The first kappa shape index (κ1) is 13.1. The van der Waals surface area contributed by atoms with Crippen LogP contribution in [0.2, 0.25) is 0 Å². The van der Waals surface area contributed by atoms with Crippen molar-refractivity contribution in [1.29, 1.82) is 0 Å². The number of fused-ring (bicyclic) bond motifs is 1. The molecule has 1 aromatic carbocycles. The maximum absolute atomic E-state index is 11.3. The number of hydrogen-bond donors (Lipinski definition) is 2. The average molecular weight is 248 g/mol. The van der Waals surface area contributed by atoms with Crippen molar-refractivity contribution >= 4 is 5.91 Å². The first-order valence-corrected chi connectivity index (χ1v) is 6.47. The summed E-state index contributed by atoms with van der Waals surface area (Å²) in [5.74, 6) is 0.0926. The number of ether oxygens (including phenoxy) is 1. The molecule has 18 heavy (non-hydrogen) atoms. The van der Waals surface area contributed by atoms with E-state index in [1.807, 2.05) is 19.1 Å². The minimum atomic E-state index is 0.0926. The SMILES string of the molecule is CCNC(=O)CCNC1COCc2ccccc21. The molecular formula is C14H20N2O2. The highest BCUT2D eigenvalue weighted by atomic mass is 16.5. The Morgan fingerprint density at radius 3 is 3.11 bits per heavy atom. The second-order valence-corrected chi connectivity index (χ2v) is 4.42. The summed E-state index contributed by atoms with van der Waals surface area (Å²) in [4.78, 5) is 11.3. The monoisotopic (exact) mass is 248 g/mol. The minimum Gasteiger partial charge on any atom is -0.375 e. The molecule has 1 unspecified atom stereocenters. The number of carbonyl (C=O) groups is 1. The highest BCUT2D eigenvalue weighted by molar-refractivity contribution is 5.75. The van der Waals surface area contributed by atoms with Gasteiger partial charge in [0.2, 0.25) is 5.91 Å². The molecule has 1 aliphatic rings. The fourth-order valence-electron chi connectivity index (χ4n) is 2.20. The van der Waals surface area contributed by atoms with E-state index in [0.717, 1.165) is 0 Å². The van der Waals surface area contributed by atoms with Crippen LogP contribution >= 0.6 is 0 Å². The number of nitrogens with one attached hydrogen (secondary N) is 2. The molecule has 4 heteroatoms. The van der Waals surface area contributed by atoms with Crippen LogP contribution in [0.25, 0.3) is 0 Å². The first-order valence-electron chi connectivity index (χ1n) is 6.47. The zero-order valence-corrected chi connectivity index (χ0v) is 10.7. The molecule has 1 atom stereocenters. The standard InChI is InChI=1S/C14H20N2O2/c1-2-15-14(17)7-8-16-13-10-18-9-11-5-3-4-6-12(11)13/h3-6,13,16H,2,7-10H2,1H3,(H,15,17). The second-order valence-electron chi connectivity index (χ2n) is 4.42. The van der Waals surface area contributed by atoms with E-state index in [4.69, 9.17) is 4.74 Å². The third kappa shape index (κ3) is 3.31. The van der Waals surface area contributed by atoms with E-state index in [2.05, 4.69) is 22.8 Å². The fourth-order valence-corrected chi connectivity index (χ4v) is 2.20. The maximum Gasteiger partial charge on any atom is 0.221 e. The molecule has 0 fully saturated rings. The summed E-state index contributed by atoms with van der Waals surface area (Å²) < 4.78 is 5.55. The fraction of sp³-hybridized carbons (Fsp3) is 0.500. The maximum atomic E-state index is 11.3. The molecule has 1 aliphatic heterocycles. The van der Waals surface area contributed by atoms with Crippen LogP contribution in [0, 0.1) is 0 Å². The van der Waals surface area contributed by atoms with Crippen molar-refractivity contribution in [1.82, 2.24) is 10.6 Å². The third-order valence-electron chi connectivity index (χ3n) is 3.09. The van der Waals surface area contributed by atoms with Crippen molar-refractivity contribution < 1.29 is 9.53 Å². The van der Waals surface area contributed by atoms with Crippen LogP contribution in [0.3, 0.4) is 0 Å². The van der Waals surface area contributed by atoms with Gasteiger partial charge < -0.3 is 15.4 Å². The van der Waals surface area contributed by atoms with Crippen LogP contribution in [0.15, 0.2) is 24.3 Å². The van der Waals surface area contributed by atoms with E-state index in [1.54, 1.807) is 0 Å².